The first kappa shape index (κ1) is 22.4. The Balaban J connectivity index is 2.30. The third-order valence-corrected chi connectivity index (χ3v) is 4.29. The number of nitrogens with one attached hydrogen (secondary N) is 2. The predicted molar refractivity (Wildman–Crippen MR) is 108 cm³/mol. The number of benzene rings is 1. The number of aromatic hydroxyl groups is 1. The fourth-order valence-corrected chi connectivity index (χ4v) is 2.69. The minimum atomic E-state index is -1.20. The lowest BCUT2D eigenvalue weighted by Gasteiger charge is -2.20. The van der Waals surface area contributed by atoms with Gasteiger partial charge in [0.2, 0.25) is 5.82 Å². The number of nitro groups is 1. The molecule has 11 nitrogen and oxygen atoms in total. The van der Waals surface area contributed by atoms with Crippen molar-refractivity contribution in [3.8, 4) is 5.75 Å². The van der Waals surface area contributed by atoms with Crippen LogP contribution in [-0.4, -0.2) is 49.2 Å². The second kappa shape index (κ2) is 9.54. The number of carboxylic acids is 2. The number of hydrogen-bond acceptors (Lipinski definition) is 8. The minimum Gasteiger partial charge on any atom is -0.508 e. The van der Waals surface area contributed by atoms with Crippen LogP contribution in [0.2, 0.25) is 0 Å². The molecule has 0 radical (unpaired) electrons. The first-order chi connectivity index (χ1) is 14.1. The van der Waals surface area contributed by atoms with E-state index in [2.05, 4.69) is 15.6 Å². The number of pyridine rings is 1. The molecule has 0 spiro atoms. The van der Waals surface area contributed by atoms with Gasteiger partial charge >= 0.3 is 17.6 Å². The first-order valence-electron chi connectivity index (χ1n) is 9.00. The second-order valence-corrected chi connectivity index (χ2v) is 6.93. The highest BCUT2D eigenvalue weighted by molar-refractivity contribution is 5.79. The van der Waals surface area contributed by atoms with E-state index in [-0.39, 0.29) is 29.7 Å². The number of nitrogens with zero attached hydrogens (tertiary/aromatic N) is 2. The smallest absolute Gasteiger partial charge is 0.326 e. The van der Waals surface area contributed by atoms with Gasteiger partial charge in [-0.05, 0) is 29.7 Å². The van der Waals surface area contributed by atoms with Crippen molar-refractivity contribution >= 4 is 29.3 Å². The van der Waals surface area contributed by atoms with Crippen molar-refractivity contribution in [2.24, 2.45) is 5.92 Å². The molecule has 160 valence electrons. The van der Waals surface area contributed by atoms with E-state index in [4.69, 9.17) is 0 Å². The van der Waals surface area contributed by atoms with Crippen molar-refractivity contribution < 1.29 is 29.8 Å². The topological polar surface area (TPSA) is 175 Å². The average Bonchev–Trinajstić information content (AvgIpc) is 2.66. The molecular formula is C19H22N4O7. The summed E-state index contributed by atoms with van der Waals surface area (Å²) in [6.07, 6.45) is 0.0563. The molecule has 5 N–H and O–H groups in total. The van der Waals surface area contributed by atoms with Gasteiger partial charge in [-0.3, -0.25) is 10.1 Å². The molecular weight excluding hydrogens is 396 g/mol. The number of carbonyl (C=O) groups is 2. The Morgan fingerprint density at radius 2 is 1.70 bits per heavy atom. The Bertz CT molecular complexity index is 931. The van der Waals surface area contributed by atoms with Gasteiger partial charge in [0, 0.05) is 12.5 Å². The van der Waals surface area contributed by atoms with Crippen LogP contribution in [0.5, 0.6) is 5.75 Å². The Morgan fingerprint density at radius 3 is 2.20 bits per heavy atom. The van der Waals surface area contributed by atoms with Gasteiger partial charge in [0.05, 0.1) is 4.92 Å². The molecule has 0 aliphatic heterocycles. The van der Waals surface area contributed by atoms with Crippen LogP contribution in [0, 0.1) is 16.0 Å². The Hall–Kier alpha value is -3.89. The summed E-state index contributed by atoms with van der Waals surface area (Å²) in [5.41, 5.74) is 0.205. The van der Waals surface area contributed by atoms with Crippen LogP contribution in [0.1, 0.15) is 19.4 Å². The molecule has 0 fully saturated rings. The Kier molecular flexibility index (Phi) is 7.13. The average molecular weight is 418 g/mol. The minimum absolute atomic E-state index is 0.0298. The zero-order valence-electron chi connectivity index (χ0n) is 16.3. The van der Waals surface area contributed by atoms with Crippen molar-refractivity contribution in [3.63, 3.8) is 0 Å². The molecule has 11 heteroatoms. The zero-order chi connectivity index (χ0) is 22.4. The molecule has 0 bridgehead atoms. The van der Waals surface area contributed by atoms with E-state index < -0.39 is 34.6 Å². The molecule has 0 saturated carbocycles. The number of anilines is 2. The lowest BCUT2D eigenvalue weighted by molar-refractivity contribution is -0.384. The highest BCUT2D eigenvalue weighted by Gasteiger charge is 2.27. The summed E-state index contributed by atoms with van der Waals surface area (Å²) in [6, 6.07) is 6.14. The van der Waals surface area contributed by atoms with E-state index in [0.717, 1.165) is 6.07 Å². The zero-order valence-corrected chi connectivity index (χ0v) is 16.3. The number of phenols is 1. The van der Waals surface area contributed by atoms with Gasteiger partial charge in [-0.2, -0.15) is 0 Å². The molecule has 2 aromatic rings. The fourth-order valence-electron chi connectivity index (χ4n) is 2.69. The highest BCUT2D eigenvalue weighted by Crippen LogP contribution is 2.26. The number of hydrogen-bond donors (Lipinski definition) is 5. The fraction of sp³-hybridized carbons (Fsp3) is 0.316. The molecule has 1 aromatic heterocycles. The van der Waals surface area contributed by atoms with Gasteiger partial charge in [0.15, 0.2) is 0 Å². The van der Waals surface area contributed by atoms with Gasteiger partial charge in [0.1, 0.15) is 23.7 Å². The van der Waals surface area contributed by atoms with Gasteiger partial charge in [0.25, 0.3) is 0 Å². The summed E-state index contributed by atoms with van der Waals surface area (Å²) in [5.74, 6) is -2.97. The van der Waals surface area contributed by atoms with E-state index in [1.165, 1.54) is 18.2 Å². The number of phenolic OH excluding ortho intramolecular Hbond substituents is 1. The van der Waals surface area contributed by atoms with E-state index >= 15 is 0 Å². The number of carboxylic acid groups (broad SMARTS) is 2. The van der Waals surface area contributed by atoms with E-state index in [9.17, 15) is 35.0 Å². The van der Waals surface area contributed by atoms with Gasteiger partial charge in [-0.25, -0.2) is 14.6 Å². The molecule has 1 heterocycles. The summed E-state index contributed by atoms with van der Waals surface area (Å²) >= 11 is 0. The highest BCUT2D eigenvalue weighted by atomic mass is 16.6. The van der Waals surface area contributed by atoms with Crippen LogP contribution in [0.15, 0.2) is 36.4 Å². The van der Waals surface area contributed by atoms with E-state index in [0.29, 0.717) is 5.56 Å². The molecule has 30 heavy (non-hydrogen) atoms. The maximum Gasteiger partial charge on any atom is 0.326 e. The van der Waals surface area contributed by atoms with E-state index in [1.54, 1.807) is 26.0 Å². The van der Waals surface area contributed by atoms with Crippen molar-refractivity contribution in [2.75, 3.05) is 10.6 Å². The lowest BCUT2D eigenvalue weighted by Crippen LogP contribution is -2.35. The summed E-state index contributed by atoms with van der Waals surface area (Å²) in [6.45, 7) is 3.27. The van der Waals surface area contributed by atoms with Crippen LogP contribution < -0.4 is 10.6 Å². The van der Waals surface area contributed by atoms with Gasteiger partial charge in [-0.1, -0.05) is 26.0 Å². The summed E-state index contributed by atoms with van der Waals surface area (Å²) in [7, 11) is 0. The van der Waals surface area contributed by atoms with Crippen molar-refractivity contribution in [3.05, 3.63) is 52.1 Å². The normalized spacial score (nSPS) is 12.8. The van der Waals surface area contributed by atoms with Crippen LogP contribution in [0.3, 0.4) is 0 Å². The summed E-state index contributed by atoms with van der Waals surface area (Å²) in [4.78, 5) is 37.7. The standard InChI is InChI=1S/C19H22N4O7/c1-10(2)16(19(27)28)22-17-14(23(29)30)7-8-15(21-17)20-13(18(25)26)9-11-3-5-12(24)6-4-11/h3-8,10,13,16,24H,9H2,1-2H3,(H,25,26)(H,27,28)(H2,20,21,22)/t13-,16+/m0/s1. The number of aliphatic carboxylic acids is 2. The molecule has 0 unspecified atom stereocenters. The number of rotatable bonds is 10. The SMILES string of the molecule is CC(C)[C@@H](Nc1nc(N[C@@H](Cc2ccc(O)cc2)C(=O)O)ccc1[N+](=O)[O-])C(=O)O. The Morgan fingerprint density at radius 1 is 1.07 bits per heavy atom. The van der Waals surface area contributed by atoms with E-state index in [1.807, 2.05) is 0 Å². The second-order valence-electron chi connectivity index (χ2n) is 6.93. The predicted octanol–water partition coefficient (Wildman–Crippen LogP) is 2.32. The maximum atomic E-state index is 11.7. The maximum absolute atomic E-state index is 11.7. The van der Waals surface area contributed by atoms with Crippen molar-refractivity contribution in [1.82, 2.24) is 4.98 Å². The molecule has 2 atom stereocenters. The lowest BCUT2D eigenvalue weighted by atomic mass is 10.0. The molecule has 2 rings (SSSR count). The first-order valence-corrected chi connectivity index (χ1v) is 9.00. The molecule has 0 aliphatic rings. The van der Waals surface area contributed by atoms with Crippen molar-refractivity contribution in [2.45, 2.75) is 32.4 Å². The third-order valence-electron chi connectivity index (χ3n) is 4.29. The monoisotopic (exact) mass is 418 g/mol. The van der Waals surface area contributed by atoms with Crippen molar-refractivity contribution in [1.29, 1.82) is 0 Å². The molecule has 1 aromatic carbocycles. The van der Waals surface area contributed by atoms with Gasteiger partial charge < -0.3 is 26.0 Å². The van der Waals surface area contributed by atoms with Crippen LogP contribution in [-0.2, 0) is 16.0 Å². The summed E-state index contributed by atoms with van der Waals surface area (Å²) < 4.78 is 0. The largest absolute Gasteiger partial charge is 0.508 e. The number of aromatic nitrogens is 1. The molecule has 0 aliphatic carbocycles. The quantitative estimate of drug-likeness (QED) is 0.284. The van der Waals surface area contributed by atoms with Crippen LogP contribution in [0.4, 0.5) is 17.3 Å². The van der Waals surface area contributed by atoms with Crippen LogP contribution >= 0.6 is 0 Å². The Labute approximate surface area is 171 Å². The van der Waals surface area contributed by atoms with Gasteiger partial charge in [-0.15, -0.1) is 0 Å². The summed E-state index contributed by atoms with van der Waals surface area (Å²) in [5, 5.41) is 44.7. The molecule has 0 saturated heterocycles. The van der Waals surface area contributed by atoms with Crippen LogP contribution in [0.25, 0.3) is 0 Å². The molecule has 0 amide bonds. The third kappa shape index (κ3) is 5.80.